The van der Waals surface area contributed by atoms with Gasteiger partial charge >= 0.3 is 0 Å². The summed E-state index contributed by atoms with van der Waals surface area (Å²) in [6, 6.07) is 6.25. The maximum Gasteiger partial charge on any atom is 0.293 e. The Morgan fingerprint density at radius 2 is 2.22 bits per heavy atom. The highest BCUT2D eigenvalue weighted by Crippen LogP contribution is 2.21. The molecule has 1 atom stereocenters. The largest absolute Gasteiger partial charge is 0.467 e. The van der Waals surface area contributed by atoms with Gasteiger partial charge in [0.05, 0.1) is 11.5 Å². The molecule has 0 aromatic heterocycles. The summed E-state index contributed by atoms with van der Waals surface area (Å²) in [5.74, 6) is -0.199. The number of non-ortho nitro benzene ring substituents is 1. The second-order valence-corrected chi connectivity index (χ2v) is 3.64. The zero-order chi connectivity index (χ0) is 13.4. The van der Waals surface area contributed by atoms with Crippen LogP contribution < -0.4 is 0 Å². The van der Waals surface area contributed by atoms with Crippen LogP contribution in [0.2, 0.25) is 0 Å². The molecule has 1 aromatic rings. The summed E-state index contributed by atoms with van der Waals surface area (Å²) in [6.45, 7) is 3.24. The number of carbonyl (C=O) groups is 1. The second kappa shape index (κ2) is 7.39. The van der Waals surface area contributed by atoms with Crippen LogP contribution in [0.1, 0.15) is 18.4 Å². The Hall–Kier alpha value is -1.95. The van der Waals surface area contributed by atoms with E-state index in [1.807, 2.05) is 6.92 Å². The first-order chi connectivity index (χ1) is 8.69. The van der Waals surface area contributed by atoms with E-state index in [9.17, 15) is 14.9 Å². The standard InChI is InChI=1S/C12H15NO5/c1-2-17-7-11(8-18-9-14)10-4-3-5-12(6-10)13(15)16/h3-6,9,11H,2,7-8H2,1H3. The number of benzene rings is 1. The van der Waals surface area contributed by atoms with Gasteiger partial charge in [0, 0.05) is 24.7 Å². The third-order valence-corrected chi connectivity index (χ3v) is 2.44. The normalized spacial score (nSPS) is 11.8. The Morgan fingerprint density at radius 1 is 1.44 bits per heavy atom. The fourth-order valence-electron chi connectivity index (χ4n) is 1.55. The van der Waals surface area contributed by atoms with Gasteiger partial charge in [-0.1, -0.05) is 12.1 Å². The van der Waals surface area contributed by atoms with Crippen molar-refractivity contribution in [3.8, 4) is 0 Å². The molecule has 0 bridgehead atoms. The molecular weight excluding hydrogens is 238 g/mol. The first-order valence-electron chi connectivity index (χ1n) is 5.56. The molecule has 0 saturated carbocycles. The summed E-state index contributed by atoms with van der Waals surface area (Å²) in [4.78, 5) is 20.5. The van der Waals surface area contributed by atoms with Crippen LogP contribution in [-0.4, -0.2) is 31.2 Å². The average molecular weight is 253 g/mol. The van der Waals surface area contributed by atoms with Crippen molar-refractivity contribution in [3.05, 3.63) is 39.9 Å². The second-order valence-electron chi connectivity index (χ2n) is 3.64. The summed E-state index contributed by atoms with van der Waals surface area (Å²) < 4.78 is 10.00. The van der Waals surface area contributed by atoms with Crippen LogP contribution in [-0.2, 0) is 14.3 Å². The maximum atomic E-state index is 10.7. The smallest absolute Gasteiger partial charge is 0.293 e. The Bertz CT molecular complexity index is 407. The van der Waals surface area contributed by atoms with Gasteiger partial charge in [0.25, 0.3) is 12.2 Å². The van der Waals surface area contributed by atoms with E-state index in [1.54, 1.807) is 12.1 Å². The molecule has 0 radical (unpaired) electrons. The highest BCUT2D eigenvalue weighted by molar-refractivity contribution is 5.38. The van der Waals surface area contributed by atoms with Crippen molar-refractivity contribution in [2.24, 2.45) is 0 Å². The van der Waals surface area contributed by atoms with Crippen LogP contribution in [0.5, 0.6) is 0 Å². The van der Waals surface area contributed by atoms with Crippen LogP contribution in [0.3, 0.4) is 0 Å². The van der Waals surface area contributed by atoms with E-state index < -0.39 is 4.92 Å². The Morgan fingerprint density at radius 3 is 2.83 bits per heavy atom. The number of nitro groups is 1. The third-order valence-electron chi connectivity index (χ3n) is 2.44. The quantitative estimate of drug-likeness (QED) is 0.401. The Kier molecular flexibility index (Phi) is 5.79. The van der Waals surface area contributed by atoms with E-state index in [1.165, 1.54) is 12.1 Å². The van der Waals surface area contributed by atoms with Gasteiger partial charge < -0.3 is 9.47 Å². The van der Waals surface area contributed by atoms with Crippen molar-refractivity contribution in [1.29, 1.82) is 0 Å². The van der Waals surface area contributed by atoms with E-state index >= 15 is 0 Å². The van der Waals surface area contributed by atoms with Gasteiger partial charge in [-0.15, -0.1) is 0 Å². The van der Waals surface area contributed by atoms with Gasteiger partial charge in [0.2, 0.25) is 0 Å². The lowest BCUT2D eigenvalue weighted by Crippen LogP contribution is -2.14. The van der Waals surface area contributed by atoms with E-state index in [-0.39, 0.29) is 18.2 Å². The number of ether oxygens (including phenoxy) is 2. The molecule has 0 saturated heterocycles. The van der Waals surface area contributed by atoms with E-state index in [0.29, 0.717) is 19.7 Å². The van der Waals surface area contributed by atoms with E-state index in [4.69, 9.17) is 9.47 Å². The van der Waals surface area contributed by atoms with Crippen LogP contribution in [0.15, 0.2) is 24.3 Å². The fraction of sp³-hybridized carbons (Fsp3) is 0.417. The predicted octanol–water partition coefficient (Wildman–Crippen LogP) is 1.89. The molecule has 6 heteroatoms. The lowest BCUT2D eigenvalue weighted by atomic mass is 10.0. The lowest BCUT2D eigenvalue weighted by Gasteiger charge is -2.15. The summed E-state index contributed by atoms with van der Waals surface area (Å²) in [7, 11) is 0. The van der Waals surface area contributed by atoms with Gasteiger partial charge in [-0.3, -0.25) is 14.9 Å². The molecule has 0 amide bonds. The maximum absolute atomic E-state index is 10.7. The van der Waals surface area contributed by atoms with Crippen molar-refractivity contribution in [2.75, 3.05) is 19.8 Å². The molecule has 98 valence electrons. The van der Waals surface area contributed by atoms with Gasteiger partial charge in [0.15, 0.2) is 0 Å². The highest BCUT2D eigenvalue weighted by Gasteiger charge is 2.15. The summed E-state index contributed by atoms with van der Waals surface area (Å²) in [6.07, 6.45) is 0. The minimum absolute atomic E-state index is 0.0140. The number of rotatable bonds is 8. The molecule has 0 aliphatic carbocycles. The number of nitrogens with zero attached hydrogens (tertiary/aromatic N) is 1. The number of carbonyl (C=O) groups excluding carboxylic acids is 1. The van der Waals surface area contributed by atoms with Crippen LogP contribution in [0.25, 0.3) is 0 Å². The first kappa shape index (κ1) is 14.1. The highest BCUT2D eigenvalue weighted by atomic mass is 16.6. The molecule has 18 heavy (non-hydrogen) atoms. The minimum atomic E-state index is -0.457. The molecule has 0 N–H and O–H groups in total. The molecule has 1 aromatic carbocycles. The molecular formula is C12H15NO5. The molecule has 0 spiro atoms. The average Bonchev–Trinajstić information content (AvgIpc) is 2.39. The van der Waals surface area contributed by atoms with Gasteiger partial charge in [-0.2, -0.15) is 0 Å². The van der Waals surface area contributed by atoms with Crippen LogP contribution in [0, 0.1) is 10.1 Å². The molecule has 0 aliphatic rings. The summed E-state index contributed by atoms with van der Waals surface area (Å²) in [5, 5.41) is 10.7. The van der Waals surface area contributed by atoms with Crippen molar-refractivity contribution < 1.29 is 19.2 Å². The number of nitro benzene ring substituents is 1. The van der Waals surface area contributed by atoms with E-state index in [2.05, 4.69) is 0 Å². The van der Waals surface area contributed by atoms with Crippen molar-refractivity contribution in [1.82, 2.24) is 0 Å². The summed E-state index contributed by atoms with van der Waals surface area (Å²) >= 11 is 0. The minimum Gasteiger partial charge on any atom is -0.467 e. The zero-order valence-corrected chi connectivity index (χ0v) is 10.1. The number of hydrogen-bond acceptors (Lipinski definition) is 5. The van der Waals surface area contributed by atoms with Crippen molar-refractivity contribution in [3.63, 3.8) is 0 Å². The van der Waals surface area contributed by atoms with Crippen LogP contribution >= 0.6 is 0 Å². The molecule has 0 aliphatic heterocycles. The van der Waals surface area contributed by atoms with Crippen molar-refractivity contribution in [2.45, 2.75) is 12.8 Å². The van der Waals surface area contributed by atoms with E-state index in [0.717, 1.165) is 5.56 Å². The SMILES string of the molecule is CCOCC(COC=O)c1cccc([N+](=O)[O-])c1. The summed E-state index contributed by atoms with van der Waals surface area (Å²) in [5.41, 5.74) is 0.736. The van der Waals surface area contributed by atoms with Gasteiger partial charge in [-0.25, -0.2) is 0 Å². The monoisotopic (exact) mass is 253 g/mol. The van der Waals surface area contributed by atoms with Crippen LogP contribution in [0.4, 0.5) is 5.69 Å². The zero-order valence-electron chi connectivity index (χ0n) is 10.1. The Labute approximate surface area is 105 Å². The molecule has 0 heterocycles. The van der Waals surface area contributed by atoms with Gasteiger partial charge in [0.1, 0.15) is 6.61 Å². The fourth-order valence-corrected chi connectivity index (χ4v) is 1.55. The third kappa shape index (κ3) is 4.14. The molecule has 0 fully saturated rings. The lowest BCUT2D eigenvalue weighted by molar-refractivity contribution is -0.384. The Balaban J connectivity index is 2.85. The molecule has 1 rings (SSSR count). The number of hydrogen-bond donors (Lipinski definition) is 0. The molecule has 6 nitrogen and oxygen atoms in total. The topological polar surface area (TPSA) is 78.7 Å². The molecule has 1 unspecified atom stereocenters. The van der Waals surface area contributed by atoms with Crippen molar-refractivity contribution >= 4 is 12.2 Å². The predicted molar refractivity (Wildman–Crippen MR) is 64.3 cm³/mol. The van der Waals surface area contributed by atoms with Gasteiger partial charge in [-0.05, 0) is 12.5 Å². The first-order valence-corrected chi connectivity index (χ1v) is 5.56.